The number of aromatic carboxylic acids is 1. The van der Waals surface area contributed by atoms with Gasteiger partial charge in [-0.3, -0.25) is 4.79 Å². The number of nitrogens with one attached hydrogen (secondary N) is 1. The Labute approximate surface area is 117 Å². The first-order valence-corrected chi connectivity index (χ1v) is 6.50. The summed E-state index contributed by atoms with van der Waals surface area (Å²) >= 11 is 0. The Morgan fingerprint density at radius 3 is 2.60 bits per heavy atom. The van der Waals surface area contributed by atoms with Crippen LogP contribution >= 0.6 is 0 Å². The lowest BCUT2D eigenvalue weighted by Gasteiger charge is -2.10. The summed E-state index contributed by atoms with van der Waals surface area (Å²) in [6.45, 7) is 2.64. The number of amides is 1. The van der Waals surface area contributed by atoms with Crippen molar-refractivity contribution in [3.05, 3.63) is 23.8 Å². The number of carbonyl (C=O) groups is 2. The number of hydrogen-bond donors (Lipinski definition) is 4. The van der Waals surface area contributed by atoms with Gasteiger partial charge in [-0.15, -0.1) is 0 Å². The predicted octanol–water partition coefficient (Wildman–Crippen LogP) is 1.79. The molecule has 0 aliphatic rings. The number of anilines is 1. The summed E-state index contributed by atoms with van der Waals surface area (Å²) in [5.41, 5.74) is 5.62. The van der Waals surface area contributed by atoms with Gasteiger partial charge in [0.2, 0.25) is 5.91 Å². The SMILES string of the molecule is CC(CCN)CCC(=O)Nc1ccc(C(=O)O)c(O)c1. The van der Waals surface area contributed by atoms with Gasteiger partial charge >= 0.3 is 5.97 Å². The van der Waals surface area contributed by atoms with Gasteiger partial charge in [-0.25, -0.2) is 4.79 Å². The zero-order valence-electron chi connectivity index (χ0n) is 11.4. The molecule has 0 radical (unpaired) electrons. The molecule has 1 aromatic carbocycles. The molecule has 1 aromatic rings. The van der Waals surface area contributed by atoms with Crippen molar-refractivity contribution in [1.82, 2.24) is 0 Å². The summed E-state index contributed by atoms with van der Waals surface area (Å²) in [5.74, 6) is -1.37. The van der Waals surface area contributed by atoms with Crippen LogP contribution in [0.5, 0.6) is 5.75 Å². The molecule has 0 saturated heterocycles. The zero-order valence-corrected chi connectivity index (χ0v) is 11.4. The Balaban J connectivity index is 2.54. The molecule has 0 saturated carbocycles. The van der Waals surface area contributed by atoms with E-state index in [1.807, 2.05) is 6.92 Å². The predicted molar refractivity (Wildman–Crippen MR) is 75.8 cm³/mol. The molecule has 0 spiro atoms. The van der Waals surface area contributed by atoms with E-state index in [0.717, 1.165) is 12.8 Å². The number of aromatic hydroxyl groups is 1. The zero-order chi connectivity index (χ0) is 15.1. The highest BCUT2D eigenvalue weighted by molar-refractivity contribution is 5.94. The van der Waals surface area contributed by atoms with Crippen LogP contribution in [0.4, 0.5) is 5.69 Å². The van der Waals surface area contributed by atoms with Crippen molar-refractivity contribution in [2.24, 2.45) is 11.7 Å². The van der Waals surface area contributed by atoms with Crippen LogP contribution in [0.1, 0.15) is 36.5 Å². The number of hydrogen-bond acceptors (Lipinski definition) is 4. The first kappa shape index (κ1) is 16.0. The lowest BCUT2D eigenvalue weighted by atomic mass is 10.0. The fraction of sp³-hybridized carbons (Fsp3) is 0.429. The standard InChI is InChI=1S/C14H20N2O4/c1-9(6-7-15)2-5-13(18)16-10-3-4-11(14(19)20)12(17)8-10/h3-4,8-9,17H,2,5-7,15H2,1H3,(H,16,18)(H,19,20). The first-order valence-electron chi connectivity index (χ1n) is 6.50. The Kier molecular flexibility index (Phi) is 5.99. The summed E-state index contributed by atoms with van der Waals surface area (Å²) in [6.07, 6.45) is 1.98. The normalized spacial score (nSPS) is 11.9. The Morgan fingerprint density at radius 2 is 2.05 bits per heavy atom. The van der Waals surface area contributed by atoms with Crippen LogP contribution in [0.15, 0.2) is 18.2 Å². The van der Waals surface area contributed by atoms with E-state index in [9.17, 15) is 14.7 Å². The maximum absolute atomic E-state index is 11.7. The largest absolute Gasteiger partial charge is 0.507 e. The number of carboxylic acids is 1. The van der Waals surface area contributed by atoms with Gasteiger partial charge in [0.15, 0.2) is 0 Å². The summed E-state index contributed by atoms with van der Waals surface area (Å²) in [6, 6.07) is 3.93. The molecule has 0 aromatic heterocycles. The van der Waals surface area contributed by atoms with Gasteiger partial charge in [-0.05, 0) is 37.4 Å². The quantitative estimate of drug-likeness (QED) is 0.608. The van der Waals surface area contributed by atoms with E-state index in [-0.39, 0.29) is 17.2 Å². The van der Waals surface area contributed by atoms with Crippen molar-refractivity contribution in [1.29, 1.82) is 0 Å². The average molecular weight is 280 g/mol. The maximum atomic E-state index is 11.7. The lowest BCUT2D eigenvalue weighted by molar-refractivity contribution is -0.116. The molecule has 0 fully saturated rings. The molecule has 1 unspecified atom stereocenters. The topological polar surface area (TPSA) is 113 Å². The minimum absolute atomic E-state index is 0.170. The van der Waals surface area contributed by atoms with Gasteiger partial charge in [-0.1, -0.05) is 6.92 Å². The van der Waals surface area contributed by atoms with Gasteiger partial charge in [0.1, 0.15) is 11.3 Å². The monoisotopic (exact) mass is 280 g/mol. The smallest absolute Gasteiger partial charge is 0.339 e. The number of nitrogens with two attached hydrogens (primary N) is 1. The van der Waals surface area contributed by atoms with Crippen LogP contribution < -0.4 is 11.1 Å². The van der Waals surface area contributed by atoms with Crippen LogP contribution in [0.3, 0.4) is 0 Å². The average Bonchev–Trinajstić information content (AvgIpc) is 2.36. The highest BCUT2D eigenvalue weighted by Crippen LogP contribution is 2.22. The van der Waals surface area contributed by atoms with Gasteiger partial charge in [0, 0.05) is 18.2 Å². The summed E-state index contributed by atoms with van der Waals surface area (Å²) in [5, 5.41) is 20.9. The van der Waals surface area contributed by atoms with E-state index in [1.165, 1.54) is 18.2 Å². The van der Waals surface area contributed by atoms with Gasteiger partial charge in [0.25, 0.3) is 0 Å². The van der Waals surface area contributed by atoms with Gasteiger partial charge in [-0.2, -0.15) is 0 Å². The van der Waals surface area contributed by atoms with Crippen LogP contribution in [0, 0.1) is 5.92 Å². The summed E-state index contributed by atoms with van der Waals surface area (Å²) in [7, 11) is 0. The van der Waals surface area contributed by atoms with E-state index >= 15 is 0 Å². The third kappa shape index (κ3) is 4.89. The number of rotatable bonds is 7. The van der Waals surface area contributed by atoms with Gasteiger partial charge < -0.3 is 21.3 Å². The highest BCUT2D eigenvalue weighted by Gasteiger charge is 2.11. The van der Waals surface area contributed by atoms with Crippen LogP contribution in [-0.2, 0) is 4.79 Å². The second-order valence-corrected chi connectivity index (χ2v) is 4.81. The molecule has 6 nitrogen and oxygen atoms in total. The molecule has 1 atom stereocenters. The molecular weight excluding hydrogens is 260 g/mol. The van der Waals surface area contributed by atoms with Crippen molar-refractivity contribution < 1.29 is 19.8 Å². The number of carbonyl (C=O) groups excluding carboxylic acids is 1. The van der Waals surface area contributed by atoms with Crippen molar-refractivity contribution >= 4 is 17.6 Å². The summed E-state index contributed by atoms with van der Waals surface area (Å²) < 4.78 is 0. The minimum Gasteiger partial charge on any atom is -0.507 e. The van der Waals surface area contributed by atoms with Crippen molar-refractivity contribution in [3.8, 4) is 5.75 Å². The van der Waals surface area contributed by atoms with E-state index in [4.69, 9.17) is 10.8 Å². The van der Waals surface area contributed by atoms with Crippen molar-refractivity contribution in [3.63, 3.8) is 0 Å². The van der Waals surface area contributed by atoms with Crippen LogP contribution in [0.2, 0.25) is 0 Å². The van der Waals surface area contributed by atoms with E-state index in [0.29, 0.717) is 24.6 Å². The molecule has 1 rings (SSSR count). The minimum atomic E-state index is -1.21. The first-order chi connectivity index (χ1) is 9.43. The Bertz CT molecular complexity index is 488. The van der Waals surface area contributed by atoms with Gasteiger partial charge in [0.05, 0.1) is 0 Å². The second-order valence-electron chi connectivity index (χ2n) is 4.81. The molecule has 110 valence electrons. The second kappa shape index (κ2) is 7.49. The fourth-order valence-electron chi connectivity index (χ4n) is 1.82. The lowest BCUT2D eigenvalue weighted by Crippen LogP contribution is -2.14. The maximum Gasteiger partial charge on any atom is 0.339 e. The molecule has 1 amide bonds. The number of benzene rings is 1. The molecular formula is C14H20N2O4. The fourth-order valence-corrected chi connectivity index (χ4v) is 1.82. The van der Waals surface area contributed by atoms with E-state index in [1.54, 1.807) is 0 Å². The third-order valence-electron chi connectivity index (χ3n) is 3.04. The van der Waals surface area contributed by atoms with E-state index < -0.39 is 5.97 Å². The van der Waals surface area contributed by atoms with Crippen molar-refractivity contribution in [2.75, 3.05) is 11.9 Å². The molecule has 5 N–H and O–H groups in total. The highest BCUT2D eigenvalue weighted by atomic mass is 16.4. The molecule has 0 heterocycles. The number of carboxylic acid groups (broad SMARTS) is 1. The Hall–Kier alpha value is -2.08. The van der Waals surface area contributed by atoms with Crippen LogP contribution in [-0.4, -0.2) is 28.6 Å². The molecule has 0 aliphatic carbocycles. The third-order valence-corrected chi connectivity index (χ3v) is 3.04. The molecule has 6 heteroatoms. The summed E-state index contributed by atoms with van der Waals surface area (Å²) in [4.78, 5) is 22.4. The Morgan fingerprint density at radius 1 is 1.35 bits per heavy atom. The molecule has 20 heavy (non-hydrogen) atoms. The van der Waals surface area contributed by atoms with E-state index in [2.05, 4.69) is 5.32 Å². The molecule has 0 bridgehead atoms. The number of phenols is 1. The molecule has 0 aliphatic heterocycles. The van der Waals surface area contributed by atoms with Crippen molar-refractivity contribution in [2.45, 2.75) is 26.2 Å². The van der Waals surface area contributed by atoms with Crippen LogP contribution in [0.25, 0.3) is 0 Å².